The van der Waals surface area contributed by atoms with Gasteiger partial charge in [0.05, 0.1) is 11.1 Å². The van der Waals surface area contributed by atoms with Crippen LogP contribution in [0.2, 0.25) is 0 Å². The van der Waals surface area contributed by atoms with Crippen molar-refractivity contribution in [3.05, 3.63) is 295 Å². The van der Waals surface area contributed by atoms with Crippen molar-refractivity contribution in [2.24, 2.45) is 5.92 Å². The van der Waals surface area contributed by atoms with Crippen LogP contribution in [0.5, 0.6) is 0 Å². The van der Waals surface area contributed by atoms with Crippen molar-refractivity contribution < 1.29 is 0 Å². The van der Waals surface area contributed by atoms with E-state index in [-0.39, 0.29) is 17.3 Å². The molecule has 0 radical (unpaired) electrons. The van der Waals surface area contributed by atoms with E-state index in [0.717, 1.165) is 22.6 Å². The molecule has 2 aliphatic rings. The molecule has 10 aromatic rings. The predicted octanol–water partition coefficient (Wildman–Crippen LogP) is 17.2. The normalized spacial score (nSPS) is 15.6. The van der Waals surface area contributed by atoms with E-state index in [1.165, 1.54) is 72.0 Å². The summed E-state index contributed by atoms with van der Waals surface area (Å²) in [5.74, 6) is 0.393. The third-order valence-electron chi connectivity index (χ3n) is 14.0. The van der Waals surface area contributed by atoms with E-state index in [2.05, 4.69) is 278 Å². The lowest BCUT2D eigenvalue weighted by atomic mass is 9.63. The van der Waals surface area contributed by atoms with Gasteiger partial charge >= 0.3 is 0 Å². The lowest BCUT2D eigenvalue weighted by Gasteiger charge is -2.38. The van der Waals surface area contributed by atoms with Gasteiger partial charge < -0.3 is 4.90 Å². The highest BCUT2D eigenvalue weighted by Crippen LogP contribution is 2.60. The Labute approximate surface area is 387 Å². The van der Waals surface area contributed by atoms with Gasteiger partial charge in [-0.1, -0.05) is 237 Å². The van der Waals surface area contributed by atoms with Gasteiger partial charge in [-0.2, -0.15) is 0 Å². The molecule has 0 heterocycles. The monoisotopic (exact) mass is 841 g/mol. The molecule has 2 aliphatic carbocycles. The molecule has 2 atom stereocenters. The lowest BCUT2D eigenvalue weighted by molar-refractivity contribution is 0.456. The van der Waals surface area contributed by atoms with Crippen molar-refractivity contribution in [2.45, 2.75) is 11.3 Å². The zero-order valence-corrected chi connectivity index (χ0v) is 36.6. The summed E-state index contributed by atoms with van der Waals surface area (Å²) in [5, 5.41) is 2.49. The quantitative estimate of drug-likeness (QED) is 0.140. The van der Waals surface area contributed by atoms with Gasteiger partial charge in [-0.25, -0.2) is 0 Å². The molecule has 1 heteroatoms. The predicted molar refractivity (Wildman–Crippen MR) is 278 cm³/mol. The van der Waals surface area contributed by atoms with Crippen molar-refractivity contribution in [3.8, 4) is 44.5 Å². The Morgan fingerprint density at radius 3 is 1.55 bits per heavy atom. The van der Waals surface area contributed by atoms with E-state index in [1.807, 2.05) is 0 Å². The summed E-state index contributed by atoms with van der Waals surface area (Å²) in [6.07, 6.45) is 9.37. The van der Waals surface area contributed by atoms with Gasteiger partial charge in [0.2, 0.25) is 0 Å². The molecule has 312 valence electrons. The summed E-state index contributed by atoms with van der Waals surface area (Å²) in [6.45, 7) is 0. The summed E-state index contributed by atoms with van der Waals surface area (Å²) in [5.41, 5.74) is 17.9. The van der Waals surface area contributed by atoms with E-state index in [4.69, 9.17) is 0 Å². The second kappa shape index (κ2) is 16.7. The Morgan fingerprint density at radius 2 is 0.848 bits per heavy atom. The number of hydrogen-bond acceptors (Lipinski definition) is 1. The maximum Gasteiger partial charge on any atom is 0.0540 e. The van der Waals surface area contributed by atoms with Crippen LogP contribution in [0.1, 0.15) is 28.2 Å². The van der Waals surface area contributed by atoms with Crippen LogP contribution in [-0.4, -0.2) is 0 Å². The number of anilines is 3. The van der Waals surface area contributed by atoms with Crippen LogP contribution < -0.4 is 4.90 Å². The molecule has 0 amide bonds. The SMILES string of the molecule is C1=CC2c3cc(N(c4ccc(-c5ccc6ccccc6c5)cc4)c4ccccc4-c4ccccc4-c4ccccc4-c4ccccc4)ccc3C(c3ccccc3)(c3ccccc3)C2C=C1. The maximum atomic E-state index is 2.49. The van der Waals surface area contributed by atoms with Gasteiger partial charge in [0.1, 0.15) is 0 Å². The van der Waals surface area contributed by atoms with E-state index in [9.17, 15) is 0 Å². The number of fused-ring (bicyclic) bond motifs is 4. The van der Waals surface area contributed by atoms with Gasteiger partial charge in [0.25, 0.3) is 0 Å². The molecule has 0 fully saturated rings. The zero-order valence-electron chi connectivity index (χ0n) is 36.6. The fraction of sp³-hybridized carbons (Fsp3) is 0.0462. The van der Waals surface area contributed by atoms with E-state index in [1.54, 1.807) is 0 Å². The van der Waals surface area contributed by atoms with Crippen LogP contribution in [0.25, 0.3) is 55.3 Å². The molecule has 1 nitrogen and oxygen atoms in total. The molecule has 0 saturated heterocycles. The first-order valence-corrected chi connectivity index (χ1v) is 23.1. The number of allylic oxidation sites excluding steroid dienone is 4. The molecular formula is C65H47N. The lowest BCUT2D eigenvalue weighted by Crippen LogP contribution is -2.35. The number of para-hydroxylation sites is 1. The Balaban J connectivity index is 1.06. The van der Waals surface area contributed by atoms with Crippen LogP contribution >= 0.6 is 0 Å². The minimum Gasteiger partial charge on any atom is -0.310 e. The Kier molecular flexibility index (Phi) is 9.95. The number of nitrogens with zero attached hydrogens (tertiary/aromatic N) is 1. The smallest absolute Gasteiger partial charge is 0.0540 e. The second-order valence-electron chi connectivity index (χ2n) is 17.6. The fourth-order valence-electron chi connectivity index (χ4n) is 11.1. The van der Waals surface area contributed by atoms with E-state index in [0.29, 0.717) is 0 Å². The van der Waals surface area contributed by atoms with Crippen molar-refractivity contribution >= 4 is 27.8 Å². The molecule has 12 rings (SSSR count). The van der Waals surface area contributed by atoms with Crippen LogP contribution in [0.15, 0.2) is 273 Å². The second-order valence-corrected chi connectivity index (χ2v) is 17.6. The zero-order chi connectivity index (χ0) is 43.9. The van der Waals surface area contributed by atoms with E-state index >= 15 is 0 Å². The number of rotatable bonds is 9. The van der Waals surface area contributed by atoms with Gasteiger partial charge in [-0.05, 0) is 108 Å². The number of benzene rings is 10. The molecular weight excluding hydrogens is 795 g/mol. The largest absolute Gasteiger partial charge is 0.310 e. The molecule has 0 spiro atoms. The van der Waals surface area contributed by atoms with Gasteiger partial charge in [0.15, 0.2) is 0 Å². The average Bonchev–Trinajstić information content (AvgIpc) is 3.70. The Hall–Kier alpha value is -8.26. The molecule has 0 bridgehead atoms. The fourth-order valence-corrected chi connectivity index (χ4v) is 11.1. The molecule has 10 aromatic carbocycles. The van der Waals surface area contributed by atoms with Crippen molar-refractivity contribution in [1.29, 1.82) is 0 Å². The summed E-state index contributed by atoms with van der Waals surface area (Å²) in [4.78, 5) is 2.49. The molecule has 0 aliphatic heterocycles. The third kappa shape index (κ3) is 6.63. The van der Waals surface area contributed by atoms with Crippen LogP contribution in [0.4, 0.5) is 17.1 Å². The average molecular weight is 842 g/mol. The first-order valence-electron chi connectivity index (χ1n) is 23.1. The van der Waals surface area contributed by atoms with Gasteiger partial charge in [-0.3, -0.25) is 0 Å². The maximum absolute atomic E-state index is 2.49. The highest BCUT2D eigenvalue weighted by atomic mass is 15.1. The standard InChI is InChI=1S/C65H47N/c1-4-21-48(22-5-1)55-28-12-13-29-56(55)57-30-14-15-31-58(57)60-33-17-19-35-64(60)66(53-40-38-47(39-41-53)50-37-36-46-20-10-11-23-49(46)44-50)54-42-43-63-61(45-54)59-32-16-18-34-62(59)65(63,51-24-6-2-7-25-51)52-26-8-3-9-27-52/h1-45,59,62H. The van der Waals surface area contributed by atoms with Crippen LogP contribution in [-0.2, 0) is 5.41 Å². The van der Waals surface area contributed by atoms with Crippen LogP contribution in [0.3, 0.4) is 0 Å². The Morgan fingerprint density at radius 1 is 0.333 bits per heavy atom. The minimum absolute atomic E-state index is 0.188. The van der Waals surface area contributed by atoms with Crippen molar-refractivity contribution in [1.82, 2.24) is 0 Å². The Bertz CT molecular complexity index is 3380. The first-order chi connectivity index (χ1) is 32.8. The molecule has 2 unspecified atom stereocenters. The first kappa shape index (κ1) is 39.3. The van der Waals surface area contributed by atoms with Crippen LogP contribution in [0, 0.1) is 5.92 Å². The number of hydrogen-bond donors (Lipinski definition) is 0. The van der Waals surface area contributed by atoms with E-state index < -0.39 is 0 Å². The summed E-state index contributed by atoms with van der Waals surface area (Å²) < 4.78 is 0. The molecule has 0 saturated carbocycles. The topological polar surface area (TPSA) is 3.24 Å². The third-order valence-corrected chi connectivity index (χ3v) is 14.0. The summed E-state index contributed by atoms with van der Waals surface area (Å²) in [6, 6.07) is 91.6. The molecule has 66 heavy (non-hydrogen) atoms. The summed E-state index contributed by atoms with van der Waals surface area (Å²) in [7, 11) is 0. The van der Waals surface area contributed by atoms with Crippen molar-refractivity contribution in [2.75, 3.05) is 4.90 Å². The molecule has 0 N–H and O–H groups in total. The van der Waals surface area contributed by atoms with Gasteiger partial charge in [0, 0.05) is 28.8 Å². The highest BCUT2D eigenvalue weighted by molar-refractivity contribution is 5.97. The minimum atomic E-state index is -0.363. The summed E-state index contributed by atoms with van der Waals surface area (Å²) >= 11 is 0. The van der Waals surface area contributed by atoms with Crippen molar-refractivity contribution in [3.63, 3.8) is 0 Å². The molecule has 0 aromatic heterocycles. The van der Waals surface area contributed by atoms with Gasteiger partial charge in [-0.15, -0.1) is 0 Å². The highest BCUT2D eigenvalue weighted by Gasteiger charge is 2.53.